The minimum atomic E-state index is -0.250. The minimum absolute atomic E-state index is 0.171. The van der Waals surface area contributed by atoms with Gasteiger partial charge in [0.15, 0.2) is 11.6 Å². The highest BCUT2D eigenvalue weighted by atomic mass is 16.5. The van der Waals surface area contributed by atoms with E-state index in [1.807, 2.05) is 48.5 Å². The second kappa shape index (κ2) is 12.3. The molecule has 152 valence electrons. The Morgan fingerprint density at radius 2 is 1.24 bits per heavy atom. The molecule has 0 aliphatic carbocycles. The molecule has 0 saturated carbocycles. The van der Waals surface area contributed by atoms with Gasteiger partial charge in [-0.05, 0) is 47.5 Å². The lowest BCUT2D eigenvalue weighted by molar-refractivity contribution is -0.370. The molecule has 2 rings (SSSR count). The lowest BCUT2D eigenvalue weighted by atomic mass is 10.1. The van der Waals surface area contributed by atoms with Crippen LogP contribution in [0.5, 0.6) is 11.5 Å². The van der Waals surface area contributed by atoms with Crippen molar-refractivity contribution in [2.24, 2.45) is 5.73 Å². The Hall–Kier alpha value is -3.22. The maximum absolute atomic E-state index is 12.0. The van der Waals surface area contributed by atoms with Crippen LogP contribution in [0.2, 0.25) is 0 Å². The molecule has 0 aromatic heterocycles. The molecule has 0 spiro atoms. The van der Waals surface area contributed by atoms with E-state index < -0.39 is 0 Å². The Labute approximate surface area is 170 Å². The van der Waals surface area contributed by atoms with Crippen molar-refractivity contribution in [3.05, 3.63) is 71.8 Å². The van der Waals surface area contributed by atoms with Crippen LogP contribution in [-0.2, 0) is 9.59 Å². The molecule has 2 aromatic rings. The van der Waals surface area contributed by atoms with Crippen LogP contribution in [0, 0.1) is 0 Å². The summed E-state index contributed by atoms with van der Waals surface area (Å²) in [6.45, 7) is 2.18. The van der Waals surface area contributed by atoms with E-state index in [1.165, 1.54) is 12.2 Å². The fourth-order valence-corrected chi connectivity index (χ4v) is 2.39. The smallest absolute Gasteiger partial charge is 0.163 e. The molecule has 0 bridgehead atoms. The van der Waals surface area contributed by atoms with Crippen molar-refractivity contribution in [2.75, 3.05) is 26.3 Å². The number of carbonyl (C=O) groups excluding carboxylic acids is 2. The third-order valence-corrected chi connectivity index (χ3v) is 3.83. The monoisotopic (exact) mass is 395 g/mol. The van der Waals surface area contributed by atoms with Gasteiger partial charge in [-0.3, -0.25) is 9.59 Å². The molecule has 0 amide bonds. The van der Waals surface area contributed by atoms with Crippen molar-refractivity contribution in [1.29, 1.82) is 0 Å². The number of hydrogen-bond donors (Lipinski definition) is 2. The van der Waals surface area contributed by atoms with Gasteiger partial charge in [-0.1, -0.05) is 36.4 Å². The molecule has 0 radical (unpaired) electrons. The summed E-state index contributed by atoms with van der Waals surface area (Å²) < 4.78 is 10.9. The Bertz CT molecular complexity index is 769. The van der Waals surface area contributed by atoms with E-state index in [0.29, 0.717) is 26.3 Å². The van der Waals surface area contributed by atoms with E-state index >= 15 is 0 Å². The number of allylic oxidation sites excluding steroid dienone is 2. The molecule has 6 nitrogen and oxygen atoms in total. The Kier molecular flexibility index (Phi) is 9.35. The van der Waals surface area contributed by atoms with Gasteiger partial charge in [0.2, 0.25) is 0 Å². The first kappa shape index (κ1) is 22.1. The number of ketones is 2. The third-order valence-electron chi connectivity index (χ3n) is 3.83. The van der Waals surface area contributed by atoms with Crippen LogP contribution >= 0.6 is 0 Å². The Morgan fingerprint density at radius 1 is 0.793 bits per heavy atom. The first-order chi connectivity index (χ1) is 14.1. The molecular weight excluding hydrogens is 368 g/mol. The molecule has 0 aliphatic rings. The summed E-state index contributed by atoms with van der Waals surface area (Å²) in [6.07, 6.45) is 6.02. The molecule has 0 atom stereocenters. The van der Waals surface area contributed by atoms with Gasteiger partial charge >= 0.3 is 0 Å². The number of nitrogens with two attached hydrogens (primary N) is 1. The molecule has 6 heteroatoms. The number of hydrogen-bond acceptors (Lipinski definition) is 5. The van der Waals surface area contributed by atoms with Gasteiger partial charge in [0.05, 0.1) is 6.42 Å². The molecule has 0 aliphatic heterocycles. The predicted octanol–water partition coefficient (Wildman–Crippen LogP) is 1.90. The van der Waals surface area contributed by atoms with Crippen molar-refractivity contribution >= 4 is 23.7 Å². The average Bonchev–Trinajstić information content (AvgIpc) is 2.74. The van der Waals surface area contributed by atoms with Crippen LogP contribution in [-0.4, -0.2) is 37.9 Å². The minimum Gasteiger partial charge on any atom is -0.492 e. The van der Waals surface area contributed by atoms with Crippen molar-refractivity contribution in [2.45, 2.75) is 6.42 Å². The number of carbonyl (C=O) groups is 2. The van der Waals surface area contributed by atoms with Crippen molar-refractivity contribution < 1.29 is 24.8 Å². The number of rotatable bonds is 12. The summed E-state index contributed by atoms with van der Waals surface area (Å²) in [5.74, 6) is 0.986. The van der Waals surface area contributed by atoms with Crippen molar-refractivity contribution in [1.82, 2.24) is 0 Å². The second-order valence-corrected chi connectivity index (χ2v) is 6.25. The van der Waals surface area contributed by atoms with Crippen LogP contribution in [0.1, 0.15) is 17.5 Å². The van der Waals surface area contributed by atoms with Crippen molar-refractivity contribution in [3.63, 3.8) is 0 Å². The number of ether oxygens (including phenoxy) is 2. The van der Waals surface area contributed by atoms with Gasteiger partial charge in [0, 0.05) is 6.54 Å². The number of quaternary nitrogens is 1. The first-order valence-corrected chi connectivity index (χ1v) is 9.47. The number of benzene rings is 2. The molecular formula is C23H27N2O4+. The highest BCUT2D eigenvalue weighted by Crippen LogP contribution is 2.14. The fraction of sp³-hybridized carbons (Fsp3) is 0.217. The van der Waals surface area contributed by atoms with E-state index in [1.54, 1.807) is 12.2 Å². The van der Waals surface area contributed by atoms with Crippen LogP contribution in [0.3, 0.4) is 0 Å². The summed E-state index contributed by atoms with van der Waals surface area (Å²) in [4.78, 5) is 24.0. The molecule has 0 fully saturated rings. The van der Waals surface area contributed by atoms with E-state index in [-0.39, 0.29) is 18.0 Å². The highest BCUT2D eigenvalue weighted by molar-refractivity contribution is 6.10. The van der Waals surface area contributed by atoms with E-state index in [2.05, 4.69) is 5.73 Å². The Morgan fingerprint density at radius 3 is 1.66 bits per heavy atom. The van der Waals surface area contributed by atoms with Crippen LogP contribution < -0.4 is 20.9 Å². The molecule has 29 heavy (non-hydrogen) atoms. The summed E-state index contributed by atoms with van der Waals surface area (Å²) in [7, 11) is 0. The van der Waals surface area contributed by atoms with Gasteiger partial charge in [-0.2, -0.15) is 0 Å². The van der Waals surface area contributed by atoms with E-state index in [0.717, 1.165) is 22.6 Å². The van der Waals surface area contributed by atoms with Gasteiger partial charge in [-0.25, -0.2) is 0 Å². The van der Waals surface area contributed by atoms with Crippen molar-refractivity contribution in [3.8, 4) is 11.5 Å². The predicted molar refractivity (Wildman–Crippen MR) is 113 cm³/mol. The highest BCUT2D eigenvalue weighted by Gasteiger charge is 2.04. The second-order valence-electron chi connectivity index (χ2n) is 6.25. The zero-order valence-corrected chi connectivity index (χ0v) is 16.4. The quantitative estimate of drug-likeness (QED) is 0.422. The zero-order valence-electron chi connectivity index (χ0n) is 16.4. The van der Waals surface area contributed by atoms with Gasteiger partial charge < -0.3 is 20.9 Å². The lowest BCUT2D eigenvalue weighted by Gasteiger charge is -2.03. The lowest BCUT2D eigenvalue weighted by Crippen LogP contribution is -2.52. The van der Waals surface area contributed by atoms with Crippen LogP contribution in [0.25, 0.3) is 12.2 Å². The van der Waals surface area contributed by atoms with Crippen LogP contribution in [0.15, 0.2) is 60.7 Å². The van der Waals surface area contributed by atoms with Crippen LogP contribution in [0.4, 0.5) is 0 Å². The van der Waals surface area contributed by atoms with E-state index in [9.17, 15) is 9.59 Å². The molecule has 2 aromatic carbocycles. The zero-order chi connectivity index (χ0) is 20.9. The first-order valence-electron chi connectivity index (χ1n) is 9.47. The van der Waals surface area contributed by atoms with Gasteiger partial charge in [-0.15, -0.1) is 0 Å². The summed E-state index contributed by atoms with van der Waals surface area (Å²) in [5.41, 5.74) is 10.8. The standard InChI is InChI=1S/C23H26N2O4/c24-13-15-28-22-9-3-18(4-10-22)1-7-20(26)17-21(27)8-2-19-5-11-23(12-6-19)29-16-14-25/h1-12H,13-17,24-25H2/p+1/b7-1+,8-2+. The summed E-state index contributed by atoms with van der Waals surface area (Å²) in [6, 6.07) is 14.7. The maximum Gasteiger partial charge on any atom is 0.163 e. The topological polar surface area (TPSA) is 106 Å². The molecule has 0 unspecified atom stereocenters. The summed E-state index contributed by atoms with van der Waals surface area (Å²) in [5, 5.41) is 0. The molecule has 5 N–H and O–H groups in total. The Balaban J connectivity index is 1.81. The molecule has 0 saturated heterocycles. The average molecular weight is 395 g/mol. The largest absolute Gasteiger partial charge is 0.492 e. The van der Waals surface area contributed by atoms with Gasteiger partial charge in [0.25, 0.3) is 0 Å². The van der Waals surface area contributed by atoms with E-state index in [4.69, 9.17) is 15.2 Å². The maximum atomic E-state index is 12.0. The SMILES string of the molecule is NCCOc1ccc(/C=C/C(=O)CC(=O)/C=C/c2ccc(OCC[NH3+])cc2)cc1. The van der Waals surface area contributed by atoms with Gasteiger partial charge in [0.1, 0.15) is 31.3 Å². The fourth-order valence-electron chi connectivity index (χ4n) is 2.39. The third kappa shape index (κ3) is 8.55. The normalized spacial score (nSPS) is 11.1. The summed E-state index contributed by atoms with van der Waals surface area (Å²) >= 11 is 0. The molecule has 0 heterocycles.